The Kier molecular flexibility index (Phi) is 4.76. The fraction of sp³-hybridized carbons (Fsp3) is 0.304. The number of hydrogen-bond donors (Lipinski definition) is 1. The summed E-state index contributed by atoms with van der Waals surface area (Å²) in [5.74, 6) is 0.200. The van der Waals surface area contributed by atoms with Gasteiger partial charge in [-0.3, -0.25) is 9.59 Å². The van der Waals surface area contributed by atoms with Gasteiger partial charge in [-0.2, -0.15) is 4.89 Å². The quantitative estimate of drug-likeness (QED) is 0.432. The van der Waals surface area contributed by atoms with Crippen molar-refractivity contribution in [1.82, 2.24) is 0 Å². The van der Waals surface area contributed by atoms with Crippen molar-refractivity contribution >= 4 is 28.5 Å². The van der Waals surface area contributed by atoms with E-state index in [1.54, 1.807) is 30.3 Å². The fourth-order valence-corrected chi connectivity index (χ4v) is 4.06. The summed E-state index contributed by atoms with van der Waals surface area (Å²) in [5, 5.41) is 9.88. The summed E-state index contributed by atoms with van der Waals surface area (Å²) in [4.78, 5) is 33.9. The molecule has 1 N–H and O–H groups in total. The molecule has 2 aliphatic carbocycles. The lowest BCUT2D eigenvalue weighted by molar-refractivity contribution is -0.270. The monoisotopic (exact) mass is 426 g/mol. The number of halogens is 1. The highest BCUT2D eigenvalue weighted by molar-refractivity contribution is 6.35. The zero-order valence-electron chi connectivity index (χ0n) is 16.0. The molecular weight excluding hydrogens is 408 g/mol. The van der Waals surface area contributed by atoms with Gasteiger partial charge in [0.15, 0.2) is 16.8 Å². The molecule has 0 radical (unpaired) electrons. The maximum Gasteiger partial charge on any atom is 0.306 e. The van der Waals surface area contributed by atoms with Gasteiger partial charge in [0.25, 0.3) is 0 Å². The number of carbonyl (C=O) groups is 1. The van der Waals surface area contributed by atoms with E-state index in [0.29, 0.717) is 51.8 Å². The molecular formula is C23H19ClO6. The summed E-state index contributed by atoms with van der Waals surface area (Å²) in [6.07, 6.45) is 2.89. The van der Waals surface area contributed by atoms with Crippen molar-refractivity contribution in [1.29, 1.82) is 0 Å². The van der Waals surface area contributed by atoms with Gasteiger partial charge in [0.05, 0.1) is 16.3 Å². The van der Waals surface area contributed by atoms with Gasteiger partial charge in [-0.15, -0.1) is 0 Å². The Morgan fingerprint density at radius 3 is 2.50 bits per heavy atom. The third-order valence-corrected chi connectivity index (χ3v) is 6.14. The van der Waals surface area contributed by atoms with E-state index in [9.17, 15) is 9.59 Å². The zero-order chi connectivity index (χ0) is 20.8. The molecule has 1 heterocycles. The molecule has 30 heavy (non-hydrogen) atoms. The minimum atomic E-state index is -0.805. The Morgan fingerprint density at radius 1 is 1.10 bits per heavy atom. The molecule has 5 rings (SSSR count). The maximum absolute atomic E-state index is 12.6. The van der Waals surface area contributed by atoms with Crippen LogP contribution in [0.4, 0.5) is 0 Å². The summed E-state index contributed by atoms with van der Waals surface area (Å²) in [6.45, 7) is 0. The molecule has 2 fully saturated rings. The molecule has 0 bridgehead atoms. The standard InChI is InChI=1S/C23H19ClO6/c24-21-17(12-1-2-12)7-8-18-19(25)11-20(28-22(18)21)13-3-5-15(6-4-13)29-30-16-9-14(10-16)23(26)27/h3-8,11-12,14,16H,1-2,9-10H2,(H,26,27). The number of hydrogen-bond acceptors (Lipinski definition) is 5. The van der Waals surface area contributed by atoms with E-state index in [1.165, 1.54) is 6.07 Å². The first-order chi connectivity index (χ1) is 14.5. The van der Waals surface area contributed by atoms with Crippen LogP contribution in [0.5, 0.6) is 5.75 Å². The Balaban J connectivity index is 1.34. The summed E-state index contributed by atoms with van der Waals surface area (Å²) < 4.78 is 6.02. The minimum Gasteiger partial charge on any atom is -0.481 e. The van der Waals surface area contributed by atoms with Crippen LogP contribution in [0, 0.1) is 5.92 Å². The first kappa shape index (κ1) is 19.2. The molecule has 0 unspecified atom stereocenters. The average Bonchev–Trinajstić information content (AvgIpc) is 3.53. The molecule has 3 aromatic rings. The van der Waals surface area contributed by atoms with Gasteiger partial charge in [0.1, 0.15) is 11.9 Å². The van der Waals surface area contributed by atoms with E-state index in [0.717, 1.165) is 18.4 Å². The Morgan fingerprint density at radius 2 is 1.83 bits per heavy atom. The van der Waals surface area contributed by atoms with Crippen molar-refractivity contribution in [3.8, 4) is 17.1 Å². The van der Waals surface area contributed by atoms with Gasteiger partial charge >= 0.3 is 5.97 Å². The Hall–Kier alpha value is -2.83. The van der Waals surface area contributed by atoms with Crippen LogP contribution >= 0.6 is 11.6 Å². The van der Waals surface area contributed by atoms with Crippen molar-refractivity contribution in [2.75, 3.05) is 0 Å². The van der Waals surface area contributed by atoms with Crippen molar-refractivity contribution in [3.63, 3.8) is 0 Å². The summed E-state index contributed by atoms with van der Waals surface area (Å²) in [7, 11) is 0. The molecule has 2 aliphatic rings. The molecule has 7 heteroatoms. The Labute approximate surface area is 176 Å². The first-order valence-electron chi connectivity index (χ1n) is 9.92. The van der Waals surface area contributed by atoms with Crippen molar-refractivity contribution in [2.45, 2.75) is 37.7 Å². The Bertz CT molecular complexity index is 1170. The van der Waals surface area contributed by atoms with Gasteiger partial charge in [0.2, 0.25) is 0 Å². The molecule has 0 atom stereocenters. The third-order valence-electron chi connectivity index (χ3n) is 5.75. The summed E-state index contributed by atoms with van der Waals surface area (Å²) in [6, 6.07) is 12.1. The van der Waals surface area contributed by atoms with Crippen LogP contribution in [-0.4, -0.2) is 17.2 Å². The lowest BCUT2D eigenvalue weighted by Gasteiger charge is -2.30. The summed E-state index contributed by atoms with van der Waals surface area (Å²) in [5.41, 5.74) is 2.03. The molecule has 0 spiro atoms. The van der Waals surface area contributed by atoms with Gasteiger partial charge in [0, 0.05) is 11.6 Å². The maximum atomic E-state index is 12.6. The van der Waals surface area contributed by atoms with Crippen LogP contribution in [0.15, 0.2) is 51.7 Å². The number of aliphatic carboxylic acids is 1. The average molecular weight is 427 g/mol. The lowest BCUT2D eigenvalue weighted by atomic mass is 9.83. The highest BCUT2D eigenvalue weighted by atomic mass is 35.5. The second kappa shape index (κ2) is 7.45. The highest BCUT2D eigenvalue weighted by Gasteiger charge is 2.36. The van der Waals surface area contributed by atoms with Crippen molar-refractivity contribution in [3.05, 3.63) is 63.3 Å². The van der Waals surface area contributed by atoms with Crippen molar-refractivity contribution in [2.24, 2.45) is 5.92 Å². The molecule has 0 saturated heterocycles. The van der Waals surface area contributed by atoms with Crippen LogP contribution in [0.1, 0.15) is 37.2 Å². The van der Waals surface area contributed by atoms with E-state index in [4.69, 9.17) is 30.9 Å². The third kappa shape index (κ3) is 3.57. The van der Waals surface area contributed by atoms with E-state index in [1.807, 2.05) is 6.07 Å². The van der Waals surface area contributed by atoms with E-state index < -0.39 is 5.97 Å². The molecule has 0 aliphatic heterocycles. The minimum absolute atomic E-state index is 0.142. The number of rotatable bonds is 6. The molecule has 154 valence electrons. The topological polar surface area (TPSA) is 86.0 Å². The highest BCUT2D eigenvalue weighted by Crippen LogP contribution is 2.45. The van der Waals surface area contributed by atoms with E-state index >= 15 is 0 Å². The van der Waals surface area contributed by atoms with E-state index in [2.05, 4.69) is 0 Å². The second-order valence-corrected chi connectivity index (χ2v) is 8.31. The smallest absolute Gasteiger partial charge is 0.306 e. The number of benzene rings is 2. The molecule has 2 aromatic carbocycles. The second-order valence-electron chi connectivity index (χ2n) is 7.93. The van der Waals surface area contributed by atoms with Crippen LogP contribution in [0.3, 0.4) is 0 Å². The fourth-order valence-electron chi connectivity index (χ4n) is 3.70. The van der Waals surface area contributed by atoms with Crippen LogP contribution in [-0.2, 0) is 9.68 Å². The predicted octanol–water partition coefficient (Wildman–Crippen LogP) is 5.16. The van der Waals surface area contributed by atoms with Crippen LogP contribution in [0.25, 0.3) is 22.3 Å². The number of carboxylic acid groups (broad SMARTS) is 1. The largest absolute Gasteiger partial charge is 0.481 e. The lowest BCUT2D eigenvalue weighted by Crippen LogP contribution is -2.36. The van der Waals surface area contributed by atoms with Gasteiger partial charge in [-0.25, -0.2) is 0 Å². The molecule has 6 nitrogen and oxygen atoms in total. The van der Waals surface area contributed by atoms with Crippen LogP contribution in [0.2, 0.25) is 5.02 Å². The summed E-state index contributed by atoms with van der Waals surface area (Å²) >= 11 is 6.55. The van der Waals surface area contributed by atoms with E-state index in [-0.39, 0.29) is 17.5 Å². The van der Waals surface area contributed by atoms with Crippen LogP contribution < -0.4 is 10.3 Å². The van der Waals surface area contributed by atoms with Gasteiger partial charge < -0.3 is 14.4 Å². The first-order valence-corrected chi connectivity index (χ1v) is 10.3. The number of fused-ring (bicyclic) bond motifs is 1. The van der Waals surface area contributed by atoms with Crippen molar-refractivity contribution < 1.29 is 24.1 Å². The van der Waals surface area contributed by atoms with Gasteiger partial charge in [-0.1, -0.05) is 17.7 Å². The van der Waals surface area contributed by atoms with Gasteiger partial charge in [-0.05, 0) is 67.5 Å². The normalized spacial score (nSPS) is 20.7. The molecule has 1 aromatic heterocycles. The molecule has 2 saturated carbocycles. The molecule has 0 amide bonds. The predicted molar refractivity (Wildman–Crippen MR) is 111 cm³/mol. The number of carboxylic acids is 1. The zero-order valence-corrected chi connectivity index (χ0v) is 16.7. The SMILES string of the molecule is O=C(O)C1CC(OOc2ccc(-c3cc(=O)c4ccc(C5CC5)c(Cl)c4o3)cc2)C1.